The fourth-order valence-corrected chi connectivity index (χ4v) is 4.55. The van der Waals surface area contributed by atoms with Gasteiger partial charge in [-0.2, -0.15) is 0 Å². The summed E-state index contributed by atoms with van der Waals surface area (Å²) in [4.78, 5) is 21.6. The third-order valence-electron chi connectivity index (χ3n) is 6.94. The minimum atomic E-state index is -0.518. The first-order valence-corrected chi connectivity index (χ1v) is 14.5. The highest BCUT2D eigenvalue weighted by Crippen LogP contribution is 2.22. The second-order valence-electron chi connectivity index (χ2n) is 10.2. The van der Waals surface area contributed by atoms with Crippen molar-refractivity contribution in [3.63, 3.8) is 0 Å². The number of esters is 1. The molecule has 3 rings (SSSR count). The third kappa shape index (κ3) is 10.00. The molecular weight excluding hydrogens is 475 g/mol. The number of halogens is 1. The average molecular weight is 519 g/mol. The van der Waals surface area contributed by atoms with Gasteiger partial charge >= 0.3 is 5.97 Å². The summed E-state index contributed by atoms with van der Waals surface area (Å²) in [5.41, 5.74) is 3.04. The topological polar surface area (TPSA) is 52.1 Å². The molecule has 0 spiro atoms. The van der Waals surface area contributed by atoms with Gasteiger partial charge < -0.3 is 4.74 Å². The molecule has 0 radical (unpaired) electrons. The molecule has 3 aromatic rings. The number of nitrogens with zero attached hydrogens (tertiary/aromatic N) is 2. The number of aromatic nitrogens is 2. The molecule has 0 unspecified atom stereocenters. The normalized spacial score (nSPS) is 11.0. The van der Waals surface area contributed by atoms with Crippen molar-refractivity contribution < 1.29 is 13.9 Å². The maximum absolute atomic E-state index is 14.6. The Hall–Kier alpha value is -3.08. The van der Waals surface area contributed by atoms with Gasteiger partial charge in [0.1, 0.15) is 11.6 Å². The van der Waals surface area contributed by atoms with Crippen molar-refractivity contribution in [1.82, 2.24) is 9.97 Å². The maximum Gasteiger partial charge on any atom is 0.343 e. The Balaban J connectivity index is 1.45. The summed E-state index contributed by atoms with van der Waals surface area (Å²) in [5.74, 6) is 0.000148. The van der Waals surface area contributed by atoms with Gasteiger partial charge in [-0.3, -0.25) is 0 Å². The molecule has 38 heavy (non-hydrogen) atoms. The standard InChI is InChI=1S/C33H43FN2O2/c1-3-5-7-9-10-11-12-14-16-27-21-22-30(23-31(27)34)38-33(37)29-19-17-28(18-20-29)32-35-24-26(25-36-32)15-13-8-6-4-2/h17-25H,3-16H2,1-2H3. The molecule has 4 nitrogen and oxygen atoms in total. The predicted molar refractivity (Wildman–Crippen MR) is 153 cm³/mol. The molecule has 2 aromatic carbocycles. The number of ether oxygens (including phenoxy) is 1. The third-order valence-corrected chi connectivity index (χ3v) is 6.94. The summed E-state index contributed by atoms with van der Waals surface area (Å²) in [5, 5.41) is 0. The van der Waals surface area contributed by atoms with E-state index in [-0.39, 0.29) is 11.6 Å². The number of aryl methyl sites for hydroxylation is 2. The van der Waals surface area contributed by atoms with Crippen molar-refractivity contribution in [1.29, 1.82) is 0 Å². The number of carbonyl (C=O) groups excluding carboxylic acids is 1. The first-order chi connectivity index (χ1) is 18.6. The van der Waals surface area contributed by atoms with Crippen molar-refractivity contribution in [3.8, 4) is 17.1 Å². The monoisotopic (exact) mass is 518 g/mol. The van der Waals surface area contributed by atoms with Crippen LogP contribution in [0.15, 0.2) is 54.9 Å². The van der Waals surface area contributed by atoms with Gasteiger partial charge in [0.05, 0.1) is 5.56 Å². The van der Waals surface area contributed by atoms with E-state index in [4.69, 9.17) is 4.74 Å². The molecule has 0 aliphatic rings. The van der Waals surface area contributed by atoms with Crippen LogP contribution in [0.4, 0.5) is 4.39 Å². The van der Waals surface area contributed by atoms with E-state index in [0.29, 0.717) is 23.4 Å². The first-order valence-electron chi connectivity index (χ1n) is 14.5. The Morgan fingerprint density at radius 1 is 0.737 bits per heavy atom. The maximum atomic E-state index is 14.6. The van der Waals surface area contributed by atoms with Gasteiger partial charge in [-0.25, -0.2) is 19.2 Å². The molecule has 1 aromatic heterocycles. The van der Waals surface area contributed by atoms with Gasteiger partial charge in [0, 0.05) is 24.0 Å². The summed E-state index contributed by atoms with van der Waals surface area (Å²) >= 11 is 0. The van der Waals surface area contributed by atoms with Crippen LogP contribution in [-0.4, -0.2) is 15.9 Å². The Morgan fingerprint density at radius 3 is 1.95 bits per heavy atom. The second kappa shape index (κ2) is 16.7. The van der Waals surface area contributed by atoms with Gasteiger partial charge in [-0.15, -0.1) is 0 Å². The number of rotatable bonds is 17. The number of benzene rings is 2. The van der Waals surface area contributed by atoms with Crippen LogP contribution in [0.2, 0.25) is 0 Å². The van der Waals surface area contributed by atoms with Gasteiger partial charge in [0.25, 0.3) is 0 Å². The van der Waals surface area contributed by atoms with Crippen molar-refractivity contribution in [2.24, 2.45) is 0 Å². The predicted octanol–water partition coefficient (Wildman–Crippen LogP) is 9.31. The molecule has 0 N–H and O–H groups in total. The molecule has 0 aliphatic heterocycles. The van der Waals surface area contributed by atoms with E-state index in [2.05, 4.69) is 23.8 Å². The van der Waals surface area contributed by atoms with Crippen molar-refractivity contribution in [2.45, 2.75) is 104 Å². The van der Waals surface area contributed by atoms with Gasteiger partial charge in [-0.1, -0.05) is 96.3 Å². The number of carbonyl (C=O) groups is 1. The van der Waals surface area contributed by atoms with Gasteiger partial charge in [-0.05, 0) is 55.0 Å². The van der Waals surface area contributed by atoms with E-state index in [1.807, 2.05) is 12.4 Å². The fourth-order valence-electron chi connectivity index (χ4n) is 4.55. The van der Waals surface area contributed by atoms with E-state index in [1.165, 1.54) is 63.9 Å². The highest BCUT2D eigenvalue weighted by atomic mass is 19.1. The average Bonchev–Trinajstić information content (AvgIpc) is 2.94. The lowest BCUT2D eigenvalue weighted by atomic mass is 10.0. The lowest BCUT2D eigenvalue weighted by molar-refractivity contribution is 0.0734. The van der Waals surface area contributed by atoms with Crippen LogP contribution in [-0.2, 0) is 12.8 Å². The number of hydrogen-bond donors (Lipinski definition) is 0. The van der Waals surface area contributed by atoms with Gasteiger partial charge in [0.2, 0.25) is 0 Å². The van der Waals surface area contributed by atoms with Crippen LogP contribution < -0.4 is 4.74 Å². The molecule has 1 heterocycles. The first kappa shape index (κ1) is 29.5. The summed E-state index contributed by atoms with van der Waals surface area (Å²) in [7, 11) is 0. The summed E-state index contributed by atoms with van der Waals surface area (Å²) in [6.45, 7) is 4.43. The Bertz CT molecular complexity index is 1100. The van der Waals surface area contributed by atoms with Crippen molar-refractivity contribution >= 4 is 5.97 Å². The SMILES string of the molecule is CCCCCCCCCCc1ccc(OC(=O)c2ccc(-c3ncc(CCCCCC)cn3)cc2)cc1F. The molecule has 0 amide bonds. The van der Waals surface area contributed by atoms with E-state index in [1.54, 1.807) is 36.4 Å². The Labute approximate surface area is 228 Å². The molecular formula is C33H43FN2O2. The second-order valence-corrected chi connectivity index (χ2v) is 10.2. The van der Waals surface area contributed by atoms with E-state index >= 15 is 0 Å². The molecule has 0 bridgehead atoms. The molecule has 0 fully saturated rings. The van der Waals surface area contributed by atoms with Crippen molar-refractivity contribution in [3.05, 3.63) is 77.4 Å². The summed E-state index contributed by atoms with van der Waals surface area (Å²) in [6, 6.07) is 11.7. The van der Waals surface area contributed by atoms with E-state index in [9.17, 15) is 9.18 Å². The van der Waals surface area contributed by atoms with Crippen LogP contribution in [0.1, 0.15) is 112 Å². The largest absolute Gasteiger partial charge is 0.423 e. The van der Waals surface area contributed by atoms with Crippen LogP contribution in [0.5, 0.6) is 5.75 Å². The molecule has 0 aliphatic carbocycles. The minimum absolute atomic E-state index is 0.217. The summed E-state index contributed by atoms with van der Waals surface area (Å²) < 4.78 is 20.0. The Morgan fingerprint density at radius 2 is 1.32 bits per heavy atom. The fraction of sp³-hybridized carbons (Fsp3) is 0.485. The minimum Gasteiger partial charge on any atom is -0.423 e. The zero-order chi connectivity index (χ0) is 27.0. The molecule has 0 saturated carbocycles. The molecule has 5 heteroatoms. The summed E-state index contributed by atoms with van der Waals surface area (Å²) in [6.07, 6.45) is 20.1. The van der Waals surface area contributed by atoms with E-state index in [0.717, 1.165) is 36.8 Å². The Kier molecular flexibility index (Phi) is 13.0. The van der Waals surface area contributed by atoms with Crippen LogP contribution in [0.3, 0.4) is 0 Å². The highest BCUT2D eigenvalue weighted by molar-refractivity contribution is 5.91. The van der Waals surface area contributed by atoms with Gasteiger partial charge in [0.15, 0.2) is 5.82 Å². The zero-order valence-corrected chi connectivity index (χ0v) is 23.2. The quantitative estimate of drug-likeness (QED) is 0.101. The van der Waals surface area contributed by atoms with Crippen LogP contribution in [0.25, 0.3) is 11.4 Å². The van der Waals surface area contributed by atoms with E-state index < -0.39 is 5.97 Å². The lowest BCUT2D eigenvalue weighted by Crippen LogP contribution is -2.09. The van der Waals surface area contributed by atoms with Crippen LogP contribution in [0, 0.1) is 5.82 Å². The lowest BCUT2D eigenvalue weighted by Gasteiger charge is -2.08. The zero-order valence-electron chi connectivity index (χ0n) is 23.2. The smallest absolute Gasteiger partial charge is 0.343 e. The van der Waals surface area contributed by atoms with Crippen LogP contribution >= 0.6 is 0 Å². The number of hydrogen-bond acceptors (Lipinski definition) is 4. The number of unbranched alkanes of at least 4 members (excludes halogenated alkanes) is 10. The highest BCUT2D eigenvalue weighted by Gasteiger charge is 2.12. The molecule has 0 atom stereocenters. The molecule has 204 valence electrons. The van der Waals surface area contributed by atoms with Crippen molar-refractivity contribution in [2.75, 3.05) is 0 Å². The molecule has 0 saturated heterocycles.